The second-order valence-electron chi connectivity index (χ2n) is 7.13. The number of thioether (sulfide) groups is 2. The summed E-state index contributed by atoms with van der Waals surface area (Å²) in [6, 6.07) is 18.8. The Balaban J connectivity index is 1.67. The molecule has 2 N–H and O–H groups in total. The van der Waals surface area contributed by atoms with E-state index in [1.807, 2.05) is 60.7 Å². The Morgan fingerprint density at radius 2 is 1.77 bits per heavy atom. The maximum Gasteiger partial charge on any atom is 0.356 e. The van der Waals surface area contributed by atoms with Gasteiger partial charge < -0.3 is 10.5 Å². The second-order valence-corrected chi connectivity index (χ2v) is 9.51. The highest BCUT2D eigenvalue weighted by atomic mass is 32.2. The Morgan fingerprint density at radius 1 is 1.17 bits per heavy atom. The zero-order chi connectivity index (χ0) is 21.1. The highest BCUT2D eigenvalue weighted by Gasteiger charge is 2.52. The molecule has 0 saturated carbocycles. The molecule has 1 unspecified atom stereocenters. The molecular weight excluding hydrogens is 416 g/mol. The van der Waals surface area contributed by atoms with E-state index in [0.717, 1.165) is 22.5 Å². The predicted octanol–water partition coefficient (Wildman–Crippen LogP) is 3.57. The summed E-state index contributed by atoms with van der Waals surface area (Å²) in [6.45, 7) is 2.08. The third-order valence-electron chi connectivity index (χ3n) is 5.19. The van der Waals surface area contributed by atoms with E-state index in [2.05, 4.69) is 6.92 Å². The van der Waals surface area contributed by atoms with Crippen LogP contribution in [-0.4, -0.2) is 45.5 Å². The Kier molecular flexibility index (Phi) is 6.51. The number of ether oxygens (including phenoxy) is 1. The van der Waals surface area contributed by atoms with E-state index in [0.29, 0.717) is 17.2 Å². The van der Waals surface area contributed by atoms with Crippen molar-refractivity contribution < 1.29 is 14.3 Å². The van der Waals surface area contributed by atoms with E-state index in [-0.39, 0.29) is 11.3 Å². The number of carbonyl (C=O) groups excluding carboxylic acids is 2. The van der Waals surface area contributed by atoms with Crippen LogP contribution < -0.4 is 5.73 Å². The topological polar surface area (TPSA) is 72.6 Å². The fourth-order valence-corrected chi connectivity index (χ4v) is 5.76. The number of benzene rings is 2. The number of hydrogen-bond acceptors (Lipinski definition) is 6. The molecule has 2 aromatic rings. The molecule has 156 valence electrons. The number of amides is 1. The van der Waals surface area contributed by atoms with Crippen molar-refractivity contribution in [3.05, 3.63) is 83.1 Å². The van der Waals surface area contributed by atoms with Crippen LogP contribution in [-0.2, 0) is 14.3 Å². The maximum atomic E-state index is 13.4. The summed E-state index contributed by atoms with van der Waals surface area (Å²) in [6.07, 6.45) is -0.550. The van der Waals surface area contributed by atoms with E-state index in [9.17, 15) is 9.59 Å². The van der Waals surface area contributed by atoms with E-state index in [4.69, 9.17) is 10.5 Å². The molecule has 2 atom stereocenters. The highest BCUT2D eigenvalue weighted by Crippen LogP contribution is 2.41. The van der Waals surface area contributed by atoms with Crippen molar-refractivity contribution in [2.45, 2.75) is 24.4 Å². The van der Waals surface area contributed by atoms with Gasteiger partial charge in [0.25, 0.3) is 0 Å². The first-order chi connectivity index (χ1) is 14.6. The van der Waals surface area contributed by atoms with Gasteiger partial charge in [-0.05, 0) is 22.5 Å². The van der Waals surface area contributed by atoms with Crippen LogP contribution in [0.15, 0.2) is 71.9 Å². The Labute approximate surface area is 185 Å². The lowest BCUT2D eigenvalue weighted by molar-refractivity contribution is -0.153. The zero-order valence-electron chi connectivity index (χ0n) is 16.7. The molecule has 30 heavy (non-hydrogen) atoms. The summed E-state index contributed by atoms with van der Waals surface area (Å²) in [4.78, 5) is 27.5. The number of carbonyl (C=O) groups is 2. The lowest BCUT2D eigenvalue weighted by Crippen LogP contribution is -2.68. The molecule has 7 heteroatoms. The Hall–Kier alpha value is -2.22. The van der Waals surface area contributed by atoms with Gasteiger partial charge in [0.05, 0.1) is 0 Å². The minimum absolute atomic E-state index is 0.192. The normalized spacial score (nSPS) is 20.8. The number of esters is 1. The standard InChI is InChI=1S/C23H24N2O3S2/c1-2-29-13-17-14-30-22-18(24)21(26)25(22)19(17)23(27)28-20(15-9-5-3-6-10-15)16-11-7-4-8-12-16/h3-12,18,20,22H,2,13-14,24H2,1H3/t18?,22-/m1/s1. The monoisotopic (exact) mass is 440 g/mol. The van der Waals surface area contributed by atoms with Crippen molar-refractivity contribution in [2.75, 3.05) is 17.3 Å². The van der Waals surface area contributed by atoms with Gasteiger partial charge >= 0.3 is 5.97 Å². The minimum atomic E-state index is -0.558. The van der Waals surface area contributed by atoms with Gasteiger partial charge in [-0.15, -0.1) is 11.8 Å². The van der Waals surface area contributed by atoms with E-state index < -0.39 is 18.1 Å². The van der Waals surface area contributed by atoms with E-state index in [1.54, 1.807) is 28.4 Å². The van der Waals surface area contributed by atoms with Crippen LogP contribution in [0.1, 0.15) is 24.2 Å². The lowest BCUT2D eigenvalue weighted by Gasteiger charge is -2.48. The SMILES string of the molecule is CCSCC1=C(C(=O)OC(c2ccccc2)c2ccccc2)N2C(=O)C(N)[C@H]2SC1. The number of fused-ring (bicyclic) bond motifs is 1. The quantitative estimate of drug-likeness (QED) is 0.524. The molecule has 2 heterocycles. The highest BCUT2D eigenvalue weighted by molar-refractivity contribution is 8.01. The molecule has 4 rings (SSSR count). The van der Waals surface area contributed by atoms with Gasteiger partial charge in [0.1, 0.15) is 17.1 Å². The fourth-order valence-electron chi connectivity index (χ4n) is 3.65. The molecule has 0 bridgehead atoms. The second kappa shape index (κ2) is 9.29. The summed E-state index contributed by atoms with van der Waals surface area (Å²) in [5.41, 5.74) is 9.06. The van der Waals surface area contributed by atoms with Crippen LogP contribution in [0, 0.1) is 0 Å². The molecule has 0 aliphatic carbocycles. The first kappa shape index (κ1) is 21.0. The van der Waals surface area contributed by atoms with E-state index >= 15 is 0 Å². The average Bonchev–Trinajstić information content (AvgIpc) is 2.81. The van der Waals surface area contributed by atoms with E-state index in [1.165, 1.54) is 0 Å². The molecule has 1 saturated heterocycles. The molecule has 2 aliphatic rings. The van der Waals surface area contributed by atoms with Crippen molar-refractivity contribution in [3.8, 4) is 0 Å². The summed E-state index contributed by atoms with van der Waals surface area (Å²) in [5.74, 6) is 1.63. The Morgan fingerprint density at radius 3 is 2.33 bits per heavy atom. The molecule has 5 nitrogen and oxygen atoms in total. The maximum absolute atomic E-state index is 13.4. The molecule has 1 amide bonds. The van der Waals surface area contributed by atoms with Gasteiger partial charge in [0.15, 0.2) is 6.10 Å². The molecule has 0 aromatic heterocycles. The van der Waals surface area contributed by atoms with Crippen LogP contribution in [0.3, 0.4) is 0 Å². The largest absolute Gasteiger partial charge is 0.448 e. The fraction of sp³-hybridized carbons (Fsp3) is 0.304. The van der Waals surface area contributed by atoms with Crippen molar-refractivity contribution in [3.63, 3.8) is 0 Å². The first-order valence-electron chi connectivity index (χ1n) is 9.92. The summed E-state index contributed by atoms with van der Waals surface area (Å²) < 4.78 is 6.06. The number of nitrogens with two attached hydrogens (primary N) is 1. The van der Waals surface area contributed by atoms with Gasteiger partial charge in [-0.3, -0.25) is 9.69 Å². The van der Waals surface area contributed by atoms with Crippen molar-refractivity contribution >= 4 is 35.4 Å². The first-order valence-corrected chi connectivity index (χ1v) is 12.1. The van der Waals surface area contributed by atoms with Gasteiger partial charge in [0.2, 0.25) is 5.91 Å². The number of hydrogen-bond donors (Lipinski definition) is 1. The summed E-state index contributed by atoms with van der Waals surface area (Å²) >= 11 is 3.35. The summed E-state index contributed by atoms with van der Waals surface area (Å²) in [5, 5.41) is -0.192. The average molecular weight is 441 g/mol. The number of nitrogens with zero attached hydrogens (tertiary/aromatic N) is 1. The van der Waals surface area contributed by atoms with Gasteiger partial charge in [0, 0.05) is 11.5 Å². The molecule has 0 radical (unpaired) electrons. The van der Waals surface area contributed by atoms with Crippen LogP contribution in [0.5, 0.6) is 0 Å². The number of rotatable bonds is 7. The van der Waals surface area contributed by atoms with Crippen molar-refractivity contribution in [1.29, 1.82) is 0 Å². The smallest absolute Gasteiger partial charge is 0.356 e. The predicted molar refractivity (Wildman–Crippen MR) is 122 cm³/mol. The number of β-lactam (4-membered cyclic amide) rings is 1. The van der Waals surface area contributed by atoms with Crippen LogP contribution in [0.4, 0.5) is 0 Å². The van der Waals surface area contributed by atoms with Crippen LogP contribution in [0.25, 0.3) is 0 Å². The molecule has 0 spiro atoms. The summed E-state index contributed by atoms with van der Waals surface area (Å²) in [7, 11) is 0. The molecular formula is C23H24N2O3S2. The third kappa shape index (κ3) is 4.02. The molecule has 2 aliphatic heterocycles. The molecule has 2 aromatic carbocycles. The van der Waals surface area contributed by atoms with Crippen LogP contribution >= 0.6 is 23.5 Å². The van der Waals surface area contributed by atoms with Crippen molar-refractivity contribution in [1.82, 2.24) is 4.90 Å². The van der Waals surface area contributed by atoms with Crippen LogP contribution in [0.2, 0.25) is 0 Å². The van der Waals surface area contributed by atoms with Gasteiger partial charge in [-0.25, -0.2) is 4.79 Å². The zero-order valence-corrected chi connectivity index (χ0v) is 18.3. The molecule has 1 fully saturated rings. The third-order valence-corrected chi connectivity index (χ3v) is 7.51. The van der Waals surface area contributed by atoms with Gasteiger partial charge in [-0.1, -0.05) is 67.6 Å². The minimum Gasteiger partial charge on any atom is -0.448 e. The van der Waals surface area contributed by atoms with Gasteiger partial charge in [-0.2, -0.15) is 11.8 Å². The van der Waals surface area contributed by atoms with Crippen molar-refractivity contribution in [2.24, 2.45) is 5.73 Å². The Bertz CT molecular complexity index is 910. The lowest BCUT2D eigenvalue weighted by atomic mass is 10.0.